The molecule has 1 aliphatic carbocycles. The van der Waals surface area contributed by atoms with Crippen LogP contribution in [0.1, 0.15) is 57.4 Å². The number of nitrogens with zero attached hydrogens (tertiary/aromatic N) is 2. The third-order valence-electron chi connectivity index (χ3n) is 6.69. The molecule has 1 aromatic heterocycles. The fourth-order valence-electron chi connectivity index (χ4n) is 5.09. The van der Waals surface area contributed by atoms with E-state index in [1.54, 1.807) is 0 Å². The van der Waals surface area contributed by atoms with Crippen LogP contribution in [0, 0.1) is 17.8 Å². The quantitative estimate of drug-likeness (QED) is 0.699. The number of rotatable bonds is 7. The van der Waals surface area contributed by atoms with E-state index in [-0.39, 0.29) is 6.61 Å². The van der Waals surface area contributed by atoms with Crippen LogP contribution in [0.15, 0.2) is 24.4 Å². The van der Waals surface area contributed by atoms with E-state index in [4.69, 9.17) is 4.74 Å². The molecule has 2 aromatic rings. The molecular weight excluding hydrogens is 360 g/mol. The number of hydrogen-bond acceptors (Lipinski definition) is 3. The lowest BCUT2D eigenvalue weighted by atomic mass is 9.89. The van der Waals surface area contributed by atoms with Crippen molar-refractivity contribution in [3.05, 3.63) is 30.0 Å². The molecule has 1 aromatic carbocycles. The number of likely N-dealkylation sites (tertiary alicyclic amines) is 1. The summed E-state index contributed by atoms with van der Waals surface area (Å²) < 4.78 is 8.32. The molecule has 4 nitrogen and oxygen atoms in total. The Morgan fingerprint density at radius 3 is 2.79 bits per heavy atom. The molecule has 0 spiro atoms. The number of ether oxygens (including phenoxy) is 1. The topological polar surface area (TPSA) is 37.6 Å². The monoisotopic (exact) mass is 394 g/mol. The maximum atomic E-state index is 9.73. The number of aliphatic hydroxyl groups is 1. The molecule has 156 valence electrons. The lowest BCUT2D eigenvalue weighted by Crippen LogP contribution is -2.31. The second-order valence-corrected chi connectivity index (χ2v) is 8.65. The Morgan fingerprint density at radius 1 is 1.14 bits per heavy atom. The Kier molecular flexibility index (Phi) is 6.79. The first kappa shape index (κ1) is 20.3. The summed E-state index contributed by atoms with van der Waals surface area (Å²) in [6, 6.07) is 6.77. The largest absolute Gasteiger partial charge is 0.481 e. The van der Waals surface area contributed by atoms with Crippen molar-refractivity contribution in [1.82, 2.24) is 9.47 Å². The first-order valence-corrected chi connectivity index (χ1v) is 11.3. The lowest BCUT2D eigenvalue weighted by Gasteiger charge is -2.23. The summed E-state index contributed by atoms with van der Waals surface area (Å²) in [7, 11) is 0. The van der Waals surface area contributed by atoms with Gasteiger partial charge in [-0.3, -0.25) is 4.90 Å². The van der Waals surface area contributed by atoms with Crippen molar-refractivity contribution in [1.29, 1.82) is 0 Å². The van der Waals surface area contributed by atoms with E-state index >= 15 is 0 Å². The van der Waals surface area contributed by atoms with Crippen molar-refractivity contribution in [3.63, 3.8) is 0 Å². The molecule has 4 rings (SSSR count). The van der Waals surface area contributed by atoms with Gasteiger partial charge >= 0.3 is 0 Å². The highest BCUT2D eigenvalue weighted by molar-refractivity contribution is 5.85. The van der Waals surface area contributed by atoms with Crippen LogP contribution in [0.4, 0.5) is 0 Å². The maximum Gasteiger partial charge on any atom is 0.149 e. The number of aliphatic hydroxyl groups excluding tert-OH is 1. The number of fused-ring (bicyclic) bond motifs is 1. The average Bonchev–Trinajstić information content (AvgIpc) is 3.34. The van der Waals surface area contributed by atoms with Crippen molar-refractivity contribution < 1.29 is 9.84 Å². The zero-order valence-electron chi connectivity index (χ0n) is 17.7. The minimum atomic E-state index is 0.255. The Balaban J connectivity index is 1.62. The van der Waals surface area contributed by atoms with Crippen LogP contribution < -0.4 is 4.74 Å². The number of hydrogen-bond donors (Lipinski definition) is 1. The minimum absolute atomic E-state index is 0.255. The van der Waals surface area contributed by atoms with Gasteiger partial charge in [-0.15, -0.1) is 5.92 Å². The van der Waals surface area contributed by atoms with Crippen molar-refractivity contribution in [2.45, 2.75) is 71.0 Å². The fourth-order valence-corrected chi connectivity index (χ4v) is 5.09. The van der Waals surface area contributed by atoms with Crippen molar-refractivity contribution in [2.75, 3.05) is 19.8 Å². The van der Waals surface area contributed by atoms with E-state index in [1.807, 2.05) is 6.92 Å². The second-order valence-electron chi connectivity index (χ2n) is 8.65. The zero-order chi connectivity index (χ0) is 20.1. The van der Waals surface area contributed by atoms with E-state index in [0.717, 1.165) is 37.7 Å². The summed E-state index contributed by atoms with van der Waals surface area (Å²) in [4.78, 5) is 2.44. The van der Waals surface area contributed by atoms with Gasteiger partial charge in [0.25, 0.3) is 0 Å². The molecule has 0 bridgehead atoms. The van der Waals surface area contributed by atoms with Crippen molar-refractivity contribution in [2.24, 2.45) is 5.92 Å². The van der Waals surface area contributed by atoms with E-state index in [1.165, 1.54) is 55.0 Å². The maximum absolute atomic E-state index is 9.73. The molecule has 29 heavy (non-hydrogen) atoms. The number of aromatic nitrogens is 1. The van der Waals surface area contributed by atoms with Crippen molar-refractivity contribution in [3.8, 4) is 17.6 Å². The minimum Gasteiger partial charge on any atom is -0.481 e. The van der Waals surface area contributed by atoms with Gasteiger partial charge in [-0.05, 0) is 68.8 Å². The van der Waals surface area contributed by atoms with Gasteiger partial charge in [-0.2, -0.15) is 0 Å². The summed E-state index contributed by atoms with van der Waals surface area (Å²) >= 11 is 0. The van der Waals surface area contributed by atoms with E-state index in [2.05, 4.69) is 45.7 Å². The van der Waals surface area contributed by atoms with E-state index in [0.29, 0.717) is 12.6 Å². The highest BCUT2D eigenvalue weighted by Gasteiger charge is 2.25. The predicted molar refractivity (Wildman–Crippen MR) is 118 cm³/mol. The molecule has 1 saturated carbocycles. The zero-order valence-corrected chi connectivity index (χ0v) is 17.7. The van der Waals surface area contributed by atoms with Gasteiger partial charge in [0.15, 0.2) is 0 Å². The predicted octanol–water partition coefficient (Wildman–Crippen LogP) is 4.58. The SMILES string of the molecule is CC#CCOc1ccc2c(c1)c(CN1CCC[C@H]1CO)cn2CC1CCCCC1. The van der Waals surface area contributed by atoms with Gasteiger partial charge in [-0.25, -0.2) is 0 Å². The van der Waals surface area contributed by atoms with Gasteiger partial charge in [0.2, 0.25) is 0 Å². The third kappa shape index (κ3) is 4.79. The van der Waals surface area contributed by atoms with Gasteiger partial charge in [0.1, 0.15) is 12.4 Å². The van der Waals surface area contributed by atoms with E-state index < -0.39 is 0 Å². The Hall–Kier alpha value is -1.96. The molecular formula is C25H34N2O2. The normalized spacial score (nSPS) is 20.7. The van der Waals surface area contributed by atoms with E-state index in [9.17, 15) is 5.11 Å². The molecule has 2 heterocycles. The molecule has 1 saturated heterocycles. The highest BCUT2D eigenvalue weighted by atomic mass is 16.5. The number of benzene rings is 1. The smallest absolute Gasteiger partial charge is 0.149 e. The molecule has 0 radical (unpaired) electrons. The Morgan fingerprint density at radius 2 is 2.00 bits per heavy atom. The van der Waals surface area contributed by atoms with Crippen LogP contribution in [0.5, 0.6) is 5.75 Å². The standard InChI is InChI=1S/C25H34N2O2/c1-2-3-14-29-23-11-12-25-24(15-23)21(17-26-13-7-10-22(26)19-28)18-27(25)16-20-8-5-4-6-9-20/h11-12,15,18,20,22,28H,4-10,13-14,16-17,19H2,1H3/t22-/m0/s1. The van der Waals surface area contributed by atoms with Crippen LogP contribution in [-0.2, 0) is 13.1 Å². The fraction of sp³-hybridized carbons (Fsp3) is 0.600. The molecule has 2 aliphatic rings. The van der Waals surface area contributed by atoms with Crippen LogP contribution in [0.25, 0.3) is 10.9 Å². The average molecular weight is 395 g/mol. The highest BCUT2D eigenvalue weighted by Crippen LogP contribution is 2.32. The van der Waals surface area contributed by atoms with Crippen LogP contribution in [0.3, 0.4) is 0 Å². The molecule has 0 amide bonds. The Labute approximate surface area is 174 Å². The van der Waals surface area contributed by atoms with Gasteiger partial charge in [-0.1, -0.05) is 25.2 Å². The van der Waals surface area contributed by atoms with Crippen LogP contribution in [-0.4, -0.2) is 40.4 Å². The van der Waals surface area contributed by atoms with Gasteiger partial charge < -0.3 is 14.4 Å². The summed E-state index contributed by atoms with van der Waals surface area (Å²) in [6.45, 7) is 5.61. The molecule has 4 heteroatoms. The summed E-state index contributed by atoms with van der Waals surface area (Å²) in [5, 5.41) is 11.0. The van der Waals surface area contributed by atoms with Crippen LogP contribution >= 0.6 is 0 Å². The first-order chi connectivity index (χ1) is 14.3. The second kappa shape index (κ2) is 9.69. The molecule has 1 atom stereocenters. The molecule has 1 N–H and O–H groups in total. The first-order valence-electron chi connectivity index (χ1n) is 11.3. The summed E-state index contributed by atoms with van der Waals surface area (Å²) in [6.07, 6.45) is 11.5. The molecule has 0 unspecified atom stereocenters. The Bertz CT molecular complexity index is 870. The lowest BCUT2D eigenvalue weighted by molar-refractivity contribution is 0.154. The van der Waals surface area contributed by atoms with Gasteiger partial charge in [0, 0.05) is 36.2 Å². The van der Waals surface area contributed by atoms with Crippen molar-refractivity contribution >= 4 is 10.9 Å². The molecule has 1 aliphatic heterocycles. The third-order valence-corrected chi connectivity index (χ3v) is 6.69. The summed E-state index contributed by atoms with van der Waals surface area (Å²) in [5.41, 5.74) is 2.66. The molecule has 2 fully saturated rings. The van der Waals surface area contributed by atoms with Crippen LogP contribution in [0.2, 0.25) is 0 Å². The summed E-state index contributed by atoms with van der Waals surface area (Å²) in [5.74, 6) is 7.54. The van der Waals surface area contributed by atoms with Gasteiger partial charge in [0.05, 0.1) is 6.61 Å².